The van der Waals surface area contributed by atoms with Crippen molar-refractivity contribution in [3.8, 4) is 0 Å². The monoisotopic (exact) mass is 264 g/mol. The summed E-state index contributed by atoms with van der Waals surface area (Å²) in [6.07, 6.45) is 15.3. The van der Waals surface area contributed by atoms with Crippen LogP contribution in [0.25, 0.3) is 0 Å². The second-order valence-corrected chi connectivity index (χ2v) is 7.75. The summed E-state index contributed by atoms with van der Waals surface area (Å²) in [6.45, 7) is 2.36. The van der Waals surface area contributed by atoms with E-state index < -0.39 is 0 Å². The SMILES string of the molecule is CCC1CCC(C2CCC3CCC(O)CC3C2)CC1. The molecule has 0 aromatic rings. The lowest BCUT2D eigenvalue weighted by Gasteiger charge is -2.44. The summed E-state index contributed by atoms with van der Waals surface area (Å²) >= 11 is 0. The smallest absolute Gasteiger partial charge is 0.0543 e. The van der Waals surface area contributed by atoms with Gasteiger partial charge in [0.05, 0.1) is 6.10 Å². The lowest BCUT2D eigenvalue weighted by molar-refractivity contribution is 0.0181. The fourth-order valence-corrected chi connectivity index (χ4v) is 5.40. The molecule has 0 aliphatic heterocycles. The Balaban J connectivity index is 1.52. The quantitative estimate of drug-likeness (QED) is 0.761. The average Bonchev–Trinajstić information content (AvgIpc) is 2.46. The van der Waals surface area contributed by atoms with Gasteiger partial charge in [0, 0.05) is 0 Å². The molecule has 0 saturated heterocycles. The number of hydrogen-bond acceptors (Lipinski definition) is 1. The van der Waals surface area contributed by atoms with E-state index >= 15 is 0 Å². The van der Waals surface area contributed by atoms with E-state index in [4.69, 9.17) is 0 Å². The predicted octanol–water partition coefficient (Wildman–Crippen LogP) is 4.78. The summed E-state index contributed by atoms with van der Waals surface area (Å²) in [6, 6.07) is 0. The van der Waals surface area contributed by atoms with Crippen molar-refractivity contribution in [3.63, 3.8) is 0 Å². The Kier molecular flexibility index (Phi) is 4.51. The van der Waals surface area contributed by atoms with Gasteiger partial charge in [-0.3, -0.25) is 0 Å². The van der Waals surface area contributed by atoms with E-state index in [1.807, 2.05) is 0 Å². The van der Waals surface area contributed by atoms with E-state index in [9.17, 15) is 5.11 Å². The third-order valence-corrected chi connectivity index (χ3v) is 6.76. The zero-order valence-electron chi connectivity index (χ0n) is 12.7. The lowest BCUT2D eigenvalue weighted by atomic mass is 9.62. The van der Waals surface area contributed by atoms with Crippen LogP contribution in [0.4, 0.5) is 0 Å². The Hall–Kier alpha value is -0.0400. The molecule has 3 aliphatic rings. The van der Waals surface area contributed by atoms with E-state index in [1.54, 1.807) is 0 Å². The van der Waals surface area contributed by atoms with Crippen molar-refractivity contribution in [1.82, 2.24) is 0 Å². The minimum absolute atomic E-state index is 0.0239. The fourth-order valence-electron chi connectivity index (χ4n) is 5.40. The number of fused-ring (bicyclic) bond motifs is 1. The van der Waals surface area contributed by atoms with Gasteiger partial charge < -0.3 is 5.11 Å². The molecule has 1 N–H and O–H groups in total. The first kappa shape index (κ1) is 13.9. The average molecular weight is 264 g/mol. The molecule has 0 heterocycles. The van der Waals surface area contributed by atoms with Gasteiger partial charge in [-0.15, -0.1) is 0 Å². The molecule has 3 fully saturated rings. The fraction of sp³-hybridized carbons (Fsp3) is 1.00. The maximum absolute atomic E-state index is 9.91. The molecule has 0 radical (unpaired) electrons. The molecular weight excluding hydrogens is 232 g/mol. The van der Waals surface area contributed by atoms with Crippen molar-refractivity contribution in [2.45, 2.75) is 83.7 Å². The van der Waals surface area contributed by atoms with Crippen LogP contribution in [-0.4, -0.2) is 11.2 Å². The van der Waals surface area contributed by atoms with Crippen LogP contribution in [0.15, 0.2) is 0 Å². The van der Waals surface area contributed by atoms with Gasteiger partial charge in [0.2, 0.25) is 0 Å². The maximum Gasteiger partial charge on any atom is 0.0543 e. The highest BCUT2D eigenvalue weighted by molar-refractivity contribution is 4.89. The molecule has 110 valence electrons. The number of aliphatic hydroxyl groups excluding tert-OH is 1. The molecule has 3 aliphatic carbocycles. The van der Waals surface area contributed by atoms with Crippen LogP contribution in [0.2, 0.25) is 0 Å². The molecule has 0 bridgehead atoms. The van der Waals surface area contributed by atoms with Gasteiger partial charge in [0.25, 0.3) is 0 Å². The Morgan fingerprint density at radius 3 is 2.00 bits per heavy atom. The van der Waals surface area contributed by atoms with Gasteiger partial charge in [-0.25, -0.2) is 0 Å². The summed E-state index contributed by atoms with van der Waals surface area (Å²) in [7, 11) is 0. The van der Waals surface area contributed by atoms with Crippen LogP contribution < -0.4 is 0 Å². The maximum atomic E-state index is 9.91. The Labute approximate surface area is 119 Å². The van der Waals surface area contributed by atoms with Crippen LogP contribution in [0.5, 0.6) is 0 Å². The topological polar surface area (TPSA) is 20.2 Å². The van der Waals surface area contributed by atoms with Crippen molar-refractivity contribution in [1.29, 1.82) is 0 Å². The highest BCUT2D eigenvalue weighted by Crippen LogP contribution is 2.48. The first-order valence-corrected chi connectivity index (χ1v) is 8.94. The van der Waals surface area contributed by atoms with Crippen LogP contribution in [0.1, 0.15) is 77.6 Å². The zero-order chi connectivity index (χ0) is 13.2. The van der Waals surface area contributed by atoms with Gasteiger partial charge in [0.1, 0.15) is 0 Å². The van der Waals surface area contributed by atoms with Crippen LogP contribution in [0.3, 0.4) is 0 Å². The number of rotatable bonds is 2. The Morgan fingerprint density at radius 2 is 1.26 bits per heavy atom. The van der Waals surface area contributed by atoms with Gasteiger partial charge in [0.15, 0.2) is 0 Å². The van der Waals surface area contributed by atoms with E-state index in [0.717, 1.165) is 42.4 Å². The zero-order valence-corrected chi connectivity index (χ0v) is 12.7. The van der Waals surface area contributed by atoms with E-state index in [0.29, 0.717) is 0 Å². The summed E-state index contributed by atoms with van der Waals surface area (Å²) in [5.74, 6) is 4.90. The highest BCUT2D eigenvalue weighted by Gasteiger charge is 2.38. The Bertz CT molecular complexity index is 279. The molecule has 0 spiro atoms. The molecule has 1 nitrogen and oxygen atoms in total. The van der Waals surface area contributed by atoms with E-state index in [2.05, 4.69) is 6.92 Å². The molecule has 3 rings (SSSR count). The van der Waals surface area contributed by atoms with Gasteiger partial charge >= 0.3 is 0 Å². The van der Waals surface area contributed by atoms with Crippen molar-refractivity contribution in [2.75, 3.05) is 0 Å². The standard InChI is InChI=1S/C18H32O/c1-2-13-3-5-14(6-4-13)16-8-7-15-9-10-18(19)12-17(15)11-16/h13-19H,2-12H2,1H3. The van der Waals surface area contributed by atoms with E-state index in [1.165, 1.54) is 57.8 Å². The molecule has 3 saturated carbocycles. The molecule has 4 atom stereocenters. The van der Waals surface area contributed by atoms with Gasteiger partial charge in [-0.2, -0.15) is 0 Å². The van der Waals surface area contributed by atoms with Crippen molar-refractivity contribution >= 4 is 0 Å². The summed E-state index contributed by atoms with van der Waals surface area (Å²) in [5.41, 5.74) is 0. The molecule has 0 aromatic carbocycles. The minimum Gasteiger partial charge on any atom is -0.393 e. The molecular formula is C18H32O. The second-order valence-electron chi connectivity index (χ2n) is 7.75. The van der Waals surface area contributed by atoms with Crippen LogP contribution in [0, 0.1) is 29.6 Å². The highest BCUT2D eigenvalue weighted by atomic mass is 16.3. The van der Waals surface area contributed by atoms with Crippen molar-refractivity contribution in [2.24, 2.45) is 29.6 Å². The van der Waals surface area contributed by atoms with Crippen molar-refractivity contribution in [3.05, 3.63) is 0 Å². The molecule has 19 heavy (non-hydrogen) atoms. The summed E-state index contributed by atoms with van der Waals surface area (Å²) < 4.78 is 0. The molecule has 4 unspecified atom stereocenters. The first-order chi connectivity index (χ1) is 9.26. The Morgan fingerprint density at radius 1 is 0.684 bits per heavy atom. The molecule has 1 heteroatoms. The van der Waals surface area contributed by atoms with Crippen molar-refractivity contribution < 1.29 is 5.11 Å². The largest absolute Gasteiger partial charge is 0.393 e. The normalized spacial score (nSPS) is 47.7. The van der Waals surface area contributed by atoms with E-state index in [-0.39, 0.29) is 6.10 Å². The number of hydrogen-bond donors (Lipinski definition) is 1. The molecule has 0 aromatic heterocycles. The second kappa shape index (κ2) is 6.16. The lowest BCUT2D eigenvalue weighted by Crippen LogP contribution is -2.35. The minimum atomic E-state index is 0.0239. The summed E-state index contributed by atoms with van der Waals surface area (Å²) in [4.78, 5) is 0. The third kappa shape index (κ3) is 3.17. The van der Waals surface area contributed by atoms with Gasteiger partial charge in [-0.1, -0.05) is 26.2 Å². The van der Waals surface area contributed by atoms with Crippen LogP contribution in [-0.2, 0) is 0 Å². The predicted molar refractivity (Wildman–Crippen MR) is 79.9 cm³/mol. The number of aliphatic hydroxyl groups is 1. The van der Waals surface area contributed by atoms with Gasteiger partial charge in [-0.05, 0) is 81.0 Å². The summed E-state index contributed by atoms with van der Waals surface area (Å²) in [5, 5.41) is 9.91. The molecule has 0 amide bonds. The first-order valence-electron chi connectivity index (χ1n) is 8.94. The van der Waals surface area contributed by atoms with Crippen LogP contribution >= 0.6 is 0 Å². The third-order valence-electron chi connectivity index (χ3n) is 6.76.